The molecule has 5 saturated heterocycles. The number of H-pyrrole nitrogens is 5. The van der Waals surface area contributed by atoms with Crippen LogP contribution < -0.4 is 25.4 Å². The molecule has 3 unspecified atom stereocenters. The second kappa shape index (κ2) is 37.5. The van der Waals surface area contributed by atoms with Gasteiger partial charge in [0, 0.05) is 71.4 Å². The Kier molecular flexibility index (Phi) is 26.2. The average molecular weight is 1840 g/mol. The number of nitrogens with zero attached hydrogens (tertiary/aromatic N) is 10. The number of imidazole rings is 5. The van der Waals surface area contributed by atoms with Crippen molar-refractivity contribution < 1.29 is 71.5 Å². The third kappa shape index (κ3) is 18.7. The molecule has 7 aliphatic heterocycles. The Labute approximate surface area is 763 Å². The number of likely N-dealkylation sites (tertiary alicyclic amines) is 5. The molecule has 8 N–H and O–H groups in total. The van der Waals surface area contributed by atoms with E-state index in [1.54, 1.807) is 16.0 Å². The number of alkyl carbamates (subject to hydrolysis) is 3. The predicted molar refractivity (Wildman–Crippen MR) is 489 cm³/mol. The van der Waals surface area contributed by atoms with Crippen molar-refractivity contribution in [3.63, 3.8) is 0 Å². The molecule has 688 valence electrons. The molecule has 5 aromatic heterocycles. The molecule has 0 radical (unpaired) electrons. The molecule has 12 heterocycles. The predicted octanol–water partition coefficient (Wildman–Crippen LogP) is 17.2. The van der Waals surface area contributed by atoms with Crippen molar-refractivity contribution in [3.05, 3.63) is 147 Å². The Balaban J connectivity index is 0.000000160. The number of aromatic amines is 5. The topological polar surface area (TPSA) is 397 Å². The molecule has 8 atom stereocenters. The number of ether oxygens (including phenoxy) is 7. The van der Waals surface area contributed by atoms with Gasteiger partial charge in [-0.25, -0.2) is 48.9 Å². The lowest BCUT2D eigenvalue weighted by molar-refractivity contribution is -0.136. The number of hydrogen-bond acceptors (Lipinski definition) is 20. The number of aromatic nitrogens is 10. The van der Waals surface area contributed by atoms with Gasteiger partial charge in [0.25, 0.3) is 0 Å². The van der Waals surface area contributed by atoms with Gasteiger partial charge in [-0.2, -0.15) is 0 Å². The highest BCUT2D eigenvalue weighted by atomic mass is 79.9. The minimum absolute atomic E-state index is 0.00819. The molecule has 18 rings (SSSR count). The van der Waals surface area contributed by atoms with Crippen LogP contribution in [0.3, 0.4) is 0 Å². The van der Waals surface area contributed by atoms with Gasteiger partial charge in [0.2, 0.25) is 17.7 Å². The summed E-state index contributed by atoms with van der Waals surface area (Å²) in [6.45, 7) is 26.7. The molecule has 33 nitrogen and oxygen atoms in total. The molecule has 8 amide bonds. The van der Waals surface area contributed by atoms with Crippen molar-refractivity contribution in [2.45, 2.75) is 233 Å². The van der Waals surface area contributed by atoms with Crippen molar-refractivity contribution in [2.24, 2.45) is 17.8 Å². The van der Waals surface area contributed by atoms with Crippen molar-refractivity contribution in [3.8, 4) is 67.5 Å². The fourth-order valence-corrected chi connectivity index (χ4v) is 19.6. The molecule has 0 saturated carbocycles. The van der Waals surface area contributed by atoms with Gasteiger partial charge < -0.3 is 88.7 Å². The van der Waals surface area contributed by atoms with Gasteiger partial charge >= 0.3 is 30.5 Å². The van der Waals surface area contributed by atoms with E-state index < -0.39 is 47.6 Å². The lowest BCUT2D eigenvalue weighted by Gasteiger charge is -2.30. The number of fused-ring (bicyclic) bond motifs is 14. The third-order valence-electron chi connectivity index (χ3n) is 25.6. The number of nitrogens with one attached hydrogen (secondary N) is 8. The maximum absolute atomic E-state index is 13.7. The summed E-state index contributed by atoms with van der Waals surface area (Å²) in [5, 5.41) is 10.1. The molecule has 1 aliphatic carbocycles. The van der Waals surface area contributed by atoms with Crippen molar-refractivity contribution >= 4 is 85.9 Å². The molecular formula is C96H117BrN18O15. The molecular weight excluding hydrogens is 1730 g/mol. The number of hydrogen-bond donors (Lipinski definition) is 8. The van der Waals surface area contributed by atoms with Crippen LogP contribution >= 0.6 is 15.9 Å². The van der Waals surface area contributed by atoms with E-state index in [4.69, 9.17) is 53.1 Å². The SMILES string of the molecule is CC(C)(C)OC(=O)N1CCCC1c1ncc(Br)[nH]1.COC(=O)N[C@H](C(=O)N1CCCC1c1ncc(-c2ccc3c(c2)COc2c-3ccc3c2ccc2[nH]c([C@@H]4CCCN4C(=O)[C@@H](NC(=O)OC)C(C)C)nc23)[nH]1)C(C)C.COC(=O)N[C@H](C(=O)N1CCC[C@H]1c1nc2c([nH]1)CCc1c-2ccc2c1OCc1cc(-c3cnc(C4CCCN4C(=O)OC(C)(C)C)[nH]3)ccc1-2)C(C)C. The number of halogens is 1. The van der Waals surface area contributed by atoms with Crippen LogP contribution in [0.2, 0.25) is 0 Å². The van der Waals surface area contributed by atoms with E-state index in [2.05, 4.69) is 129 Å². The van der Waals surface area contributed by atoms with E-state index in [0.29, 0.717) is 45.2 Å². The van der Waals surface area contributed by atoms with Crippen molar-refractivity contribution in [2.75, 3.05) is 54.1 Å². The maximum Gasteiger partial charge on any atom is 0.410 e. The van der Waals surface area contributed by atoms with Gasteiger partial charge in [0.1, 0.15) is 87.8 Å². The lowest BCUT2D eigenvalue weighted by atomic mass is 9.86. The first-order valence-electron chi connectivity index (χ1n) is 45.2. The zero-order valence-electron chi connectivity index (χ0n) is 76.4. The highest BCUT2D eigenvalue weighted by Crippen LogP contribution is 2.50. The maximum atomic E-state index is 13.7. The summed E-state index contributed by atoms with van der Waals surface area (Å²) in [4.78, 5) is 152. The molecule has 5 fully saturated rings. The number of benzene rings is 5. The second-order valence-corrected chi connectivity index (χ2v) is 38.5. The van der Waals surface area contributed by atoms with Crippen LogP contribution in [0.25, 0.3) is 77.8 Å². The quantitative estimate of drug-likeness (QED) is 0.0417. The summed E-state index contributed by atoms with van der Waals surface area (Å²) >= 11 is 3.33. The van der Waals surface area contributed by atoms with Crippen LogP contribution in [-0.4, -0.2) is 206 Å². The van der Waals surface area contributed by atoms with E-state index in [-0.39, 0.29) is 77.9 Å². The Hall–Kier alpha value is -12.5. The zero-order chi connectivity index (χ0) is 92.1. The standard InChI is InChI=1S/C43H50N8O7.C41H49N7O6.C12H18BrN3O2/c1-22(2)34(48-42(54)56-5)40(52)50-17-7-9-32(50)38-44-20-31(46-38)24-11-12-26-25(19-24)21-58-37-28(26)14-13-27-29(37)15-16-30-36(27)47-39(45-30)33-10-8-18-51(33)41(53)35(23(3)4)49-43(55)57-6;1-22(2)33(46-39(50)52-6)38(49)47-17-7-10-32(47)37-43-29-16-15-28-26(34(29)45-37)13-14-27-25-12-11-23(19-24(25)21-53-35(27)28)30-20-42-36(44-30)31-9-8-18-48(31)40(51)54-41(3,4)5;1-12(2,3)18-11(17)16-6-4-5-8(16)10-14-7-9(13)15-10/h11-16,19-20,22-23,32-35H,7-10,17-18,21H2,1-6H3,(H,44,46)(H,45,47)(H,48,54)(H,49,55);11-14,19-20,22,31-33H,7-10,15-18,21H2,1-6H3,(H,42,44)(H,43,45)(H,46,50);7-8H,4-6H2,1-3H3,(H,14,15)/t32?,33-,34-,35-;31?,32-,33-;/m00./s1. The highest BCUT2D eigenvalue weighted by Gasteiger charge is 2.44. The van der Waals surface area contributed by atoms with E-state index in [1.807, 2.05) is 116 Å². The molecule has 0 bridgehead atoms. The largest absolute Gasteiger partial charge is 0.488 e. The summed E-state index contributed by atoms with van der Waals surface area (Å²) in [6.07, 6.45) is 13.0. The van der Waals surface area contributed by atoms with Crippen LogP contribution in [0.15, 0.2) is 96.0 Å². The fourth-order valence-electron chi connectivity index (χ4n) is 19.2. The van der Waals surface area contributed by atoms with Gasteiger partial charge in [-0.3, -0.25) is 24.2 Å². The summed E-state index contributed by atoms with van der Waals surface area (Å²) < 4.78 is 39.3. The van der Waals surface area contributed by atoms with Crippen LogP contribution in [0.1, 0.15) is 229 Å². The zero-order valence-corrected chi connectivity index (χ0v) is 78.0. The molecule has 34 heteroatoms. The van der Waals surface area contributed by atoms with Crippen LogP contribution in [0, 0.1) is 17.8 Å². The minimum atomic E-state index is -0.708. The smallest absolute Gasteiger partial charge is 0.410 e. The van der Waals surface area contributed by atoms with E-state index >= 15 is 0 Å². The number of carbonyl (C=O) groups is 8. The second-order valence-electron chi connectivity index (χ2n) is 37.6. The lowest BCUT2D eigenvalue weighted by Crippen LogP contribution is -2.51. The highest BCUT2D eigenvalue weighted by molar-refractivity contribution is 9.10. The molecule has 130 heavy (non-hydrogen) atoms. The van der Waals surface area contributed by atoms with Gasteiger partial charge in [0.15, 0.2) is 0 Å². The Morgan fingerprint density at radius 2 is 0.831 bits per heavy atom. The Morgan fingerprint density at radius 3 is 1.28 bits per heavy atom. The summed E-state index contributed by atoms with van der Waals surface area (Å²) in [5.74, 6) is 4.73. The first-order valence-corrected chi connectivity index (χ1v) is 46.0. The van der Waals surface area contributed by atoms with Crippen molar-refractivity contribution in [1.82, 2.24) is 90.3 Å². The van der Waals surface area contributed by atoms with E-state index in [9.17, 15) is 38.4 Å². The van der Waals surface area contributed by atoms with Gasteiger partial charge in [-0.05, 0) is 222 Å². The minimum Gasteiger partial charge on any atom is -0.488 e. The number of rotatable bonds is 16. The first kappa shape index (κ1) is 90.8. The number of carbonyl (C=O) groups excluding carboxylic acids is 8. The Bertz CT molecular complexity index is 5950. The van der Waals surface area contributed by atoms with Gasteiger partial charge in [0.05, 0.1) is 98.2 Å². The number of methoxy groups -OCH3 is 3. The Morgan fingerprint density at radius 1 is 0.438 bits per heavy atom. The third-order valence-corrected chi connectivity index (χ3v) is 26.0. The number of aryl methyl sites for hydroxylation is 1. The van der Waals surface area contributed by atoms with Crippen LogP contribution in [0.4, 0.5) is 24.0 Å². The molecule has 10 aromatic rings. The fraction of sp³-hybridized carbons (Fsp3) is 0.490. The van der Waals surface area contributed by atoms with Crippen LogP contribution in [0.5, 0.6) is 11.5 Å². The monoisotopic (exact) mass is 1840 g/mol. The van der Waals surface area contributed by atoms with Crippen molar-refractivity contribution in [1.29, 1.82) is 0 Å². The normalized spacial score (nSPS) is 19.1. The molecule has 8 aliphatic rings. The molecule has 5 aromatic carbocycles. The van der Waals surface area contributed by atoms with Gasteiger partial charge in [-0.1, -0.05) is 77.9 Å². The summed E-state index contributed by atoms with van der Waals surface area (Å²) in [6, 6.07) is 22.3. The van der Waals surface area contributed by atoms with E-state index in [0.717, 1.165) is 223 Å². The molecule has 0 spiro atoms. The van der Waals surface area contributed by atoms with E-state index in [1.165, 1.54) is 21.3 Å². The summed E-state index contributed by atoms with van der Waals surface area (Å²) in [5.41, 5.74) is 15.0. The van der Waals surface area contributed by atoms with Gasteiger partial charge in [-0.15, -0.1) is 0 Å². The summed E-state index contributed by atoms with van der Waals surface area (Å²) in [7, 11) is 3.88. The first-order chi connectivity index (χ1) is 62.2. The number of amides is 8. The van der Waals surface area contributed by atoms with Crippen LogP contribution in [-0.2, 0) is 64.1 Å². The average Bonchev–Trinajstić information content (AvgIpc) is 1.38.